The molecule has 0 spiro atoms. The lowest BCUT2D eigenvalue weighted by Crippen LogP contribution is -2.57. The second-order valence-electron chi connectivity index (χ2n) is 5.92. The molecule has 0 unspecified atom stereocenters. The molecule has 2 aliphatic heterocycles. The molecule has 2 bridgehead atoms. The van der Waals surface area contributed by atoms with E-state index in [2.05, 4.69) is 34.5 Å². The summed E-state index contributed by atoms with van der Waals surface area (Å²) in [4.78, 5) is 14.8. The zero-order valence-electron chi connectivity index (χ0n) is 12.0. The molecule has 2 heterocycles. The minimum absolute atomic E-state index is 0.180. The number of fused-ring (bicyclic) bond motifs is 1. The molecule has 4 rings (SSSR count). The standard InChI is InChI=1S/C16H22N2O2/c1-20-8-7-17-15(19)16-9-14(10-16)12-18(16)11-13-5-3-2-4-6-13/h2-6,14H,7-12H2,1H3,(H,17,19). The fraction of sp³-hybridized carbons (Fsp3) is 0.562. The van der Waals surface area contributed by atoms with E-state index in [-0.39, 0.29) is 11.4 Å². The first-order chi connectivity index (χ1) is 9.74. The van der Waals surface area contributed by atoms with Gasteiger partial charge in [0, 0.05) is 26.7 Å². The number of rotatable bonds is 6. The van der Waals surface area contributed by atoms with Crippen LogP contribution < -0.4 is 5.32 Å². The predicted molar refractivity (Wildman–Crippen MR) is 77.2 cm³/mol. The normalized spacial score (nSPS) is 28.1. The van der Waals surface area contributed by atoms with Crippen LogP contribution in [0.1, 0.15) is 18.4 Å². The van der Waals surface area contributed by atoms with Crippen LogP contribution in [0, 0.1) is 5.92 Å². The van der Waals surface area contributed by atoms with E-state index in [1.165, 1.54) is 5.56 Å². The highest BCUT2D eigenvalue weighted by molar-refractivity contribution is 5.88. The summed E-state index contributed by atoms with van der Waals surface area (Å²) in [6.45, 7) is 3.09. The number of benzene rings is 1. The first-order valence-corrected chi connectivity index (χ1v) is 7.31. The SMILES string of the molecule is COCCNC(=O)C12CC(CN1Cc1ccccc1)C2. The maximum atomic E-state index is 12.5. The fourth-order valence-corrected chi connectivity index (χ4v) is 3.55. The third-order valence-corrected chi connectivity index (χ3v) is 4.57. The van der Waals surface area contributed by atoms with E-state index >= 15 is 0 Å². The van der Waals surface area contributed by atoms with Crippen LogP contribution in [0.4, 0.5) is 0 Å². The largest absolute Gasteiger partial charge is 0.383 e. The molecular formula is C16H22N2O2. The van der Waals surface area contributed by atoms with Gasteiger partial charge in [-0.3, -0.25) is 9.69 Å². The van der Waals surface area contributed by atoms with E-state index in [1.807, 2.05) is 6.07 Å². The highest BCUT2D eigenvalue weighted by atomic mass is 16.5. The molecule has 4 nitrogen and oxygen atoms in total. The molecule has 20 heavy (non-hydrogen) atoms. The number of nitrogens with zero attached hydrogens (tertiary/aromatic N) is 1. The van der Waals surface area contributed by atoms with Crippen molar-refractivity contribution in [2.24, 2.45) is 5.92 Å². The van der Waals surface area contributed by atoms with Gasteiger partial charge in [0.1, 0.15) is 5.54 Å². The second kappa shape index (κ2) is 5.54. The molecule has 108 valence electrons. The molecule has 1 aliphatic carbocycles. The van der Waals surface area contributed by atoms with Crippen molar-refractivity contribution in [3.63, 3.8) is 0 Å². The van der Waals surface area contributed by atoms with Gasteiger partial charge in [0.05, 0.1) is 6.61 Å². The highest BCUT2D eigenvalue weighted by Crippen LogP contribution is 2.51. The molecule has 0 aromatic heterocycles. The van der Waals surface area contributed by atoms with E-state index in [9.17, 15) is 4.79 Å². The number of carbonyl (C=O) groups excluding carboxylic acids is 1. The fourth-order valence-electron chi connectivity index (χ4n) is 3.55. The summed E-state index contributed by atoms with van der Waals surface area (Å²) < 4.78 is 4.99. The van der Waals surface area contributed by atoms with Crippen LogP contribution in [-0.4, -0.2) is 43.2 Å². The number of hydrogen-bond donors (Lipinski definition) is 1. The quantitative estimate of drug-likeness (QED) is 0.798. The Bertz CT molecular complexity index is 469. The number of amides is 1. The summed E-state index contributed by atoms with van der Waals surface area (Å²) in [5.41, 5.74) is 1.03. The maximum Gasteiger partial charge on any atom is 0.240 e. The second-order valence-corrected chi connectivity index (χ2v) is 5.92. The Morgan fingerprint density at radius 1 is 1.40 bits per heavy atom. The third kappa shape index (κ3) is 2.34. The van der Waals surface area contributed by atoms with Gasteiger partial charge in [0.2, 0.25) is 5.91 Å². The van der Waals surface area contributed by atoms with Crippen molar-refractivity contribution in [3.8, 4) is 0 Å². The van der Waals surface area contributed by atoms with Gasteiger partial charge in [-0.2, -0.15) is 0 Å². The van der Waals surface area contributed by atoms with Gasteiger partial charge in [0.25, 0.3) is 0 Å². The zero-order valence-corrected chi connectivity index (χ0v) is 12.0. The van der Waals surface area contributed by atoms with Crippen LogP contribution in [-0.2, 0) is 16.1 Å². The van der Waals surface area contributed by atoms with Crippen LogP contribution in [0.25, 0.3) is 0 Å². The summed E-state index contributed by atoms with van der Waals surface area (Å²) in [7, 11) is 1.65. The molecule has 1 aromatic rings. The van der Waals surface area contributed by atoms with Crippen LogP contribution in [0.5, 0.6) is 0 Å². The van der Waals surface area contributed by atoms with Crippen molar-refractivity contribution in [2.45, 2.75) is 24.9 Å². The zero-order chi connectivity index (χ0) is 14.0. The lowest BCUT2D eigenvalue weighted by Gasteiger charge is -2.40. The molecule has 0 radical (unpaired) electrons. The lowest BCUT2D eigenvalue weighted by molar-refractivity contribution is -0.135. The molecule has 1 amide bonds. The lowest BCUT2D eigenvalue weighted by atomic mass is 9.72. The predicted octanol–water partition coefficient (Wildman–Crippen LogP) is 1.41. The third-order valence-electron chi connectivity index (χ3n) is 4.57. The molecule has 1 aromatic carbocycles. The smallest absolute Gasteiger partial charge is 0.240 e. The number of methoxy groups -OCH3 is 1. The number of ether oxygens (including phenoxy) is 1. The molecule has 0 atom stereocenters. The molecule has 1 N–H and O–H groups in total. The summed E-state index contributed by atoms with van der Waals surface area (Å²) in [5, 5.41) is 3.01. The number of hydrogen-bond acceptors (Lipinski definition) is 3. The average molecular weight is 274 g/mol. The van der Waals surface area contributed by atoms with E-state index in [0.717, 1.165) is 25.9 Å². The van der Waals surface area contributed by atoms with Crippen LogP contribution >= 0.6 is 0 Å². The molecule has 4 heteroatoms. The van der Waals surface area contributed by atoms with Gasteiger partial charge in [-0.1, -0.05) is 30.3 Å². The number of nitrogens with one attached hydrogen (secondary N) is 1. The first kappa shape index (κ1) is 13.6. The van der Waals surface area contributed by atoms with Gasteiger partial charge in [-0.25, -0.2) is 0 Å². The Hall–Kier alpha value is -1.39. The summed E-state index contributed by atoms with van der Waals surface area (Å²) in [6.07, 6.45) is 2.03. The molecular weight excluding hydrogens is 252 g/mol. The van der Waals surface area contributed by atoms with Gasteiger partial charge in [-0.05, 0) is 24.3 Å². The van der Waals surface area contributed by atoms with Crippen molar-refractivity contribution in [3.05, 3.63) is 35.9 Å². The van der Waals surface area contributed by atoms with Crippen LogP contribution in [0.15, 0.2) is 30.3 Å². The monoisotopic (exact) mass is 274 g/mol. The van der Waals surface area contributed by atoms with E-state index in [0.29, 0.717) is 19.1 Å². The Morgan fingerprint density at radius 3 is 2.85 bits per heavy atom. The maximum absolute atomic E-state index is 12.5. The van der Waals surface area contributed by atoms with E-state index < -0.39 is 0 Å². The first-order valence-electron chi connectivity index (χ1n) is 7.31. The number of carbonyl (C=O) groups is 1. The molecule has 1 saturated carbocycles. The Kier molecular flexibility index (Phi) is 3.76. The Balaban J connectivity index is 1.65. The summed E-state index contributed by atoms with van der Waals surface area (Å²) in [6, 6.07) is 10.4. The van der Waals surface area contributed by atoms with Crippen LogP contribution in [0.2, 0.25) is 0 Å². The minimum atomic E-state index is -0.256. The molecule has 2 saturated heterocycles. The van der Waals surface area contributed by atoms with Gasteiger partial charge in [0.15, 0.2) is 0 Å². The van der Waals surface area contributed by atoms with Crippen molar-refractivity contribution < 1.29 is 9.53 Å². The van der Waals surface area contributed by atoms with Crippen molar-refractivity contribution in [1.82, 2.24) is 10.2 Å². The van der Waals surface area contributed by atoms with Gasteiger partial charge in [-0.15, -0.1) is 0 Å². The Labute approximate surface area is 120 Å². The van der Waals surface area contributed by atoms with Crippen molar-refractivity contribution in [1.29, 1.82) is 0 Å². The highest BCUT2D eigenvalue weighted by Gasteiger charge is 2.60. The van der Waals surface area contributed by atoms with E-state index in [1.54, 1.807) is 7.11 Å². The van der Waals surface area contributed by atoms with Crippen molar-refractivity contribution in [2.75, 3.05) is 26.8 Å². The Morgan fingerprint density at radius 2 is 2.15 bits per heavy atom. The van der Waals surface area contributed by atoms with Crippen LogP contribution in [0.3, 0.4) is 0 Å². The molecule has 3 aliphatic rings. The van der Waals surface area contributed by atoms with Crippen molar-refractivity contribution >= 4 is 5.91 Å². The van der Waals surface area contributed by atoms with Gasteiger partial charge < -0.3 is 10.1 Å². The molecule has 3 fully saturated rings. The minimum Gasteiger partial charge on any atom is -0.383 e. The summed E-state index contributed by atoms with van der Waals surface area (Å²) >= 11 is 0. The van der Waals surface area contributed by atoms with Gasteiger partial charge >= 0.3 is 0 Å². The van der Waals surface area contributed by atoms with E-state index in [4.69, 9.17) is 4.74 Å². The summed E-state index contributed by atoms with van der Waals surface area (Å²) in [5.74, 6) is 0.881. The average Bonchev–Trinajstić information content (AvgIpc) is 2.94. The topological polar surface area (TPSA) is 41.6 Å².